The van der Waals surface area contributed by atoms with E-state index < -0.39 is 52.7 Å². The van der Waals surface area contributed by atoms with Crippen LogP contribution in [0.25, 0.3) is 0 Å². The largest absolute Gasteiger partial charge is 0.379 e. The van der Waals surface area contributed by atoms with Crippen molar-refractivity contribution in [3.63, 3.8) is 0 Å². The lowest BCUT2D eigenvalue weighted by molar-refractivity contribution is -0.139. The first-order valence-corrected chi connectivity index (χ1v) is 14.1. The topological polar surface area (TPSA) is 186 Å². The van der Waals surface area contributed by atoms with Crippen molar-refractivity contribution in [1.29, 1.82) is 0 Å². The number of nitrogens with zero attached hydrogens (tertiary/aromatic N) is 4. The standard InChI is InChI=1S/C29H32N4O12.CH4/c34-21-1-2-22(35)30(21)9-13-42-17-29(18-43-14-10-31-23(36)3-4-24(31)37,19-44-15-11-32-25(38)5-6-26(32)39)20-45-16-12-33-27(40)7-8-28(33)41;/h1-8H,9-20H2;1H4. The van der Waals surface area contributed by atoms with Crippen molar-refractivity contribution >= 4 is 47.3 Å². The van der Waals surface area contributed by atoms with Crippen LogP contribution in [-0.2, 0) is 57.3 Å². The first-order valence-electron chi connectivity index (χ1n) is 14.1. The molecule has 0 atom stereocenters. The second-order valence-corrected chi connectivity index (χ2v) is 10.4. The predicted octanol–water partition coefficient (Wildman–Crippen LogP) is -1.62. The van der Waals surface area contributed by atoms with E-state index in [0.29, 0.717) is 0 Å². The lowest BCUT2D eigenvalue weighted by Crippen LogP contribution is -2.44. The Balaban J connectivity index is 0.00000576. The number of hydrogen-bond donors (Lipinski definition) is 0. The maximum atomic E-state index is 11.9. The van der Waals surface area contributed by atoms with E-state index in [4.69, 9.17) is 18.9 Å². The third-order valence-electron chi connectivity index (χ3n) is 7.07. The average molecular weight is 645 g/mol. The van der Waals surface area contributed by atoms with Gasteiger partial charge in [-0.15, -0.1) is 0 Å². The summed E-state index contributed by atoms with van der Waals surface area (Å²) in [5.41, 5.74) is -1.07. The zero-order chi connectivity index (χ0) is 32.4. The molecule has 46 heavy (non-hydrogen) atoms. The number of amides is 8. The molecule has 0 aromatic heterocycles. The Bertz CT molecular complexity index is 1090. The van der Waals surface area contributed by atoms with Crippen molar-refractivity contribution < 1.29 is 57.3 Å². The summed E-state index contributed by atoms with van der Waals surface area (Å²) in [5.74, 6) is -3.73. The van der Waals surface area contributed by atoms with Gasteiger partial charge in [0, 0.05) is 48.6 Å². The van der Waals surface area contributed by atoms with Gasteiger partial charge in [-0.2, -0.15) is 0 Å². The van der Waals surface area contributed by atoms with Crippen LogP contribution in [-0.4, -0.2) is 146 Å². The molecule has 4 aliphatic rings. The van der Waals surface area contributed by atoms with Gasteiger partial charge in [0.15, 0.2) is 0 Å². The summed E-state index contributed by atoms with van der Waals surface area (Å²) in [6.07, 6.45) is 9.26. The number of ether oxygens (including phenoxy) is 4. The molecule has 16 heteroatoms. The zero-order valence-corrected chi connectivity index (χ0v) is 24.3. The zero-order valence-electron chi connectivity index (χ0n) is 24.3. The van der Waals surface area contributed by atoms with E-state index >= 15 is 0 Å². The van der Waals surface area contributed by atoms with Crippen LogP contribution in [0, 0.1) is 5.41 Å². The van der Waals surface area contributed by atoms with E-state index in [-0.39, 0.29) is 86.5 Å². The SMILES string of the molecule is C.O=C1C=CC(=O)N1CCOCC(COCCN1C(=O)C=CC1=O)(COCCN1C(=O)C=CC1=O)COCCN1C(=O)C=CC1=O. The lowest BCUT2D eigenvalue weighted by Gasteiger charge is -2.33. The van der Waals surface area contributed by atoms with Crippen LogP contribution in [0.3, 0.4) is 0 Å². The van der Waals surface area contributed by atoms with Crippen LogP contribution in [0.4, 0.5) is 0 Å². The molecule has 0 bridgehead atoms. The molecule has 248 valence electrons. The van der Waals surface area contributed by atoms with Gasteiger partial charge in [0.25, 0.3) is 47.3 Å². The molecule has 4 aliphatic heterocycles. The Morgan fingerprint density at radius 1 is 0.370 bits per heavy atom. The van der Waals surface area contributed by atoms with Crippen molar-refractivity contribution in [2.45, 2.75) is 7.43 Å². The predicted molar refractivity (Wildman–Crippen MR) is 156 cm³/mol. The highest BCUT2D eigenvalue weighted by Crippen LogP contribution is 2.22. The Hall–Kier alpha value is -4.64. The smallest absolute Gasteiger partial charge is 0.253 e. The van der Waals surface area contributed by atoms with Crippen molar-refractivity contribution in [3.05, 3.63) is 48.6 Å². The highest BCUT2D eigenvalue weighted by molar-refractivity contribution is 6.14. The van der Waals surface area contributed by atoms with E-state index in [9.17, 15) is 38.4 Å². The molecule has 8 amide bonds. The first kappa shape index (κ1) is 35.8. The third-order valence-corrected chi connectivity index (χ3v) is 7.07. The van der Waals surface area contributed by atoms with Crippen molar-refractivity contribution in [3.8, 4) is 0 Å². The van der Waals surface area contributed by atoms with Crippen LogP contribution in [0.5, 0.6) is 0 Å². The van der Waals surface area contributed by atoms with Gasteiger partial charge in [-0.25, -0.2) is 0 Å². The fraction of sp³-hybridized carbons (Fsp3) is 0.467. The highest BCUT2D eigenvalue weighted by atomic mass is 16.5. The van der Waals surface area contributed by atoms with Gasteiger partial charge in [-0.1, -0.05) is 7.43 Å². The van der Waals surface area contributed by atoms with E-state index in [1.54, 1.807) is 0 Å². The monoisotopic (exact) mass is 644 g/mol. The third kappa shape index (κ3) is 9.20. The minimum atomic E-state index is -1.07. The first-order chi connectivity index (χ1) is 21.6. The maximum Gasteiger partial charge on any atom is 0.253 e. The van der Waals surface area contributed by atoms with Gasteiger partial charge in [-0.05, 0) is 0 Å². The average Bonchev–Trinajstić information content (AvgIpc) is 3.72. The van der Waals surface area contributed by atoms with Crippen molar-refractivity contribution in [2.24, 2.45) is 5.41 Å². The molecular weight excluding hydrogens is 608 g/mol. The molecule has 0 radical (unpaired) electrons. The second-order valence-electron chi connectivity index (χ2n) is 10.4. The van der Waals surface area contributed by atoms with Gasteiger partial charge in [-0.3, -0.25) is 58.0 Å². The van der Waals surface area contributed by atoms with Crippen LogP contribution < -0.4 is 0 Å². The van der Waals surface area contributed by atoms with Gasteiger partial charge in [0.2, 0.25) is 0 Å². The molecule has 4 heterocycles. The lowest BCUT2D eigenvalue weighted by atomic mass is 9.92. The number of carbonyl (C=O) groups excluding carboxylic acids is 8. The maximum absolute atomic E-state index is 11.9. The molecule has 4 rings (SSSR count). The van der Waals surface area contributed by atoms with E-state index in [1.807, 2.05) is 0 Å². The second kappa shape index (κ2) is 16.6. The Morgan fingerprint density at radius 2 is 0.543 bits per heavy atom. The quantitative estimate of drug-likeness (QED) is 0.109. The summed E-state index contributed by atoms with van der Waals surface area (Å²) in [4.78, 5) is 99.2. The molecule has 0 N–H and O–H groups in total. The molecule has 0 fully saturated rings. The summed E-state index contributed by atoms with van der Waals surface area (Å²) in [5, 5.41) is 0. The minimum Gasteiger partial charge on any atom is -0.379 e. The fourth-order valence-electron chi connectivity index (χ4n) is 4.63. The molecule has 0 saturated heterocycles. The van der Waals surface area contributed by atoms with E-state index in [2.05, 4.69) is 0 Å². The fourth-order valence-corrected chi connectivity index (χ4v) is 4.63. The normalized spacial score (nSPS) is 17.7. The van der Waals surface area contributed by atoms with Crippen LogP contribution in [0.1, 0.15) is 7.43 Å². The number of carbonyl (C=O) groups is 8. The van der Waals surface area contributed by atoms with E-state index in [0.717, 1.165) is 68.2 Å². The summed E-state index contributed by atoms with van der Waals surface area (Å²) in [7, 11) is 0. The Morgan fingerprint density at radius 3 is 0.717 bits per heavy atom. The number of hydrogen-bond acceptors (Lipinski definition) is 12. The van der Waals surface area contributed by atoms with Gasteiger partial charge in [0.05, 0.1) is 84.4 Å². The molecular formula is C30H36N4O12. The highest BCUT2D eigenvalue weighted by Gasteiger charge is 2.34. The molecule has 0 saturated carbocycles. The minimum absolute atomic E-state index is 0. The van der Waals surface area contributed by atoms with Gasteiger partial charge in [0.1, 0.15) is 0 Å². The summed E-state index contributed by atoms with van der Waals surface area (Å²) < 4.78 is 23.4. The summed E-state index contributed by atoms with van der Waals surface area (Å²) in [6, 6.07) is 0. The van der Waals surface area contributed by atoms with Gasteiger partial charge < -0.3 is 18.9 Å². The van der Waals surface area contributed by atoms with Crippen molar-refractivity contribution in [1.82, 2.24) is 19.6 Å². The van der Waals surface area contributed by atoms with Crippen LogP contribution in [0.15, 0.2) is 48.6 Å². The molecule has 0 aliphatic carbocycles. The molecule has 0 aromatic rings. The van der Waals surface area contributed by atoms with Crippen molar-refractivity contribution in [2.75, 3.05) is 79.0 Å². The van der Waals surface area contributed by atoms with Crippen LogP contribution >= 0.6 is 0 Å². The van der Waals surface area contributed by atoms with E-state index in [1.165, 1.54) is 0 Å². The molecule has 0 spiro atoms. The molecule has 16 nitrogen and oxygen atoms in total. The Labute approximate surface area is 264 Å². The number of imide groups is 4. The van der Waals surface area contributed by atoms with Crippen LogP contribution in [0.2, 0.25) is 0 Å². The van der Waals surface area contributed by atoms with Gasteiger partial charge >= 0.3 is 0 Å². The summed E-state index contributed by atoms with van der Waals surface area (Å²) >= 11 is 0. The number of rotatable bonds is 20. The Kier molecular flexibility index (Phi) is 12.9. The molecule has 0 unspecified atom stereocenters. The summed E-state index contributed by atoms with van der Waals surface area (Å²) in [6.45, 7) is -0.523. The molecule has 0 aromatic carbocycles.